The van der Waals surface area contributed by atoms with Crippen LogP contribution in [0, 0.1) is 12.8 Å². The van der Waals surface area contributed by atoms with Crippen molar-refractivity contribution in [3.63, 3.8) is 0 Å². The van der Waals surface area contributed by atoms with Crippen molar-refractivity contribution in [2.45, 2.75) is 31.7 Å². The van der Waals surface area contributed by atoms with Gasteiger partial charge in [0.1, 0.15) is 20.9 Å². The standard InChI is InChI=1S/C19H23F2N5O3S3/c1-3-19(20,21)17-23-24-18(31-17)25-6-7-26(14(11-25)15-22-10-12(2)30-15)16(27)13-4-8-32(28,29)9-5-13/h3,10,13-14H,1,4-9,11H2,2H3. The summed E-state index contributed by atoms with van der Waals surface area (Å²) in [5.74, 6) is -3.62. The number of halogens is 2. The Hall–Kier alpha value is -1.99. The number of hydrogen-bond donors (Lipinski definition) is 0. The third kappa shape index (κ3) is 4.69. The van der Waals surface area contributed by atoms with E-state index in [0.29, 0.717) is 43.7 Å². The van der Waals surface area contributed by atoms with E-state index in [0.717, 1.165) is 21.2 Å². The van der Waals surface area contributed by atoms with Gasteiger partial charge in [0.05, 0.1) is 11.5 Å². The van der Waals surface area contributed by atoms with Crippen LogP contribution in [0.15, 0.2) is 18.9 Å². The van der Waals surface area contributed by atoms with Gasteiger partial charge in [-0.15, -0.1) is 21.5 Å². The maximum Gasteiger partial charge on any atom is 0.319 e. The number of amides is 1. The number of piperazine rings is 1. The van der Waals surface area contributed by atoms with Gasteiger partial charge in [-0.25, -0.2) is 13.4 Å². The third-order valence-electron chi connectivity index (χ3n) is 5.72. The second kappa shape index (κ2) is 8.75. The monoisotopic (exact) mass is 503 g/mol. The van der Waals surface area contributed by atoms with Crippen molar-refractivity contribution in [3.05, 3.63) is 33.7 Å². The van der Waals surface area contributed by atoms with Crippen LogP contribution in [0.5, 0.6) is 0 Å². The molecule has 2 aromatic rings. The van der Waals surface area contributed by atoms with Gasteiger partial charge < -0.3 is 9.80 Å². The van der Waals surface area contributed by atoms with Gasteiger partial charge in [-0.1, -0.05) is 17.9 Å². The molecular weight excluding hydrogens is 480 g/mol. The molecule has 174 valence electrons. The molecule has 1 atom stereocenters. The number of carbonyl (C=O) groups is 1. The highest BCUT2D eigenvalue weighted by molar-refractivity contribution is 7.91. The van der Waals surface area contributed by atoms with Crippen LogP contribution in [0.3, 0.4) is 0 Å². The summed E-state index contributed by atoms with van der Waals surface area (Å²) >= 11 is 2.28. The predicted molar refractivity (Wildman–Crippen MR) is 119 cm³/mol. The fourth-order valence-corrected chi connectivity index (χ4v) is 7.12. The quantitative estimate of drug-likeness (QED) is 0.579. The van der Waals surface area contributed by atoms with E-state index in [-0.39, 0.29) is 29.4 Å². The van der Waals surface area contributed by atoms with Crippen molar-refractivity contribution in [1.29, 1.82) is 0 Å². The van der Waals surface area contributed by atoms with E-state index in [4.69, 9.17) is 0 Å². The van der Waals surface area contributed by atoms with E-state index in [1.54, 1.807) is 11.1 Å². The Morgan fingerprint density at radius 3 is 2.59 bits per heavy atom. The van der Waals surface area contributed by atoms with E-state index in [9.17, 15) is 22.0 Å². The topological polar surface area (TPSA) is 96.4 Å². The molecule has 0 spiro atoms. The first kappa shape index (κ1) is 23.2. The number of hydrogen-bond acceptors (Lipinski definition) is 9. The van der Waals surface area contributed by atoms with Crippen molar-refractivity contribution < 1.29 is 22.0 Å². The van der Waals surface area contributed by atoms with Crippen LogP contribution in [0.1, 0.15) is 33.8 Å². The van der Waals surface area contributed by atoms with Gasteiger partial charge in [-0.3, -0.25) is 4.79 Å². The Balaban J connectivity index is 1.56. The number of allylic oxidation sites excluding steroid dienone is 1. The lowest BCUT2D eigenvalue weighted by molar-refractivity contribution is -0.138. The number of nitrogens with zero attached hydrogens (tertiary/aromatic N) is 5. The molecular formula is C19H23F2N5O3S3. The SMILES string of the molecule is C=CC(F)(F)c1nnc(N2CCN(C(=O)C3CCS(=O)(=O)CC3)C(c3ncc(C)s3)C2)s1. The molecule has 0 bridgehead atoms. The zero-order valence-corrected chi connectivity index (χ0v) is 19.9. The van der Waals surface area contributed by atoms with Crippen molar-refractivity contribution in [2.75, 3.05) is 36.0 Å². The predicted octanol–water partition coefficient (Wildman–Crippen LogP) is 2.80. The zero-order valence-electron chi connectivity index (χ0n) is 17.4. The van der Waals surface area contributed by atoms with Crippen LogP contribution in [0.4, 0.5) is 13.9 Å². The minimum absolute atomic E-state index is 0.0233. The normalized spacial score (nSPS) is 22.2. The number of thiazole rings is 1. The summed E-state index contributed by atoms with van der Waals surface area (Å²) in [5.41, 5.74) is 0. The summed E-state index contributed by atoms with van der Waals surface area (Å²) in [6, 6.07) is -0.374. The summed E-state index contributed by atoms with van der Waals surface area (Å²) in [4.78, 5) is 22.4. The number of rotatable bonds is 5. The first-order chi connectivity index (χ1) is 15.1. The summed E-state index contributed by atoms with van der Waals surface area (Å²) in [7, 11) is -3.07. The van der Waals surface area contributed by atoms with E-state index in [1.165, 1.54) is 11.3 Å². The Kier molecular flexibility index (Phi) is 6.34. The smallest absolute Gasteiger partial charge is 0.319 e. The lowest BCUT2D eigenvalue weighted by Crippen LogP contribution is -2.53. The Morgan fingerprint density at radius 2 is 1.97 bits per heavy atom. The summed E-state index contributed by atoms with van der Waals surface area (Å²) in [6.45, 7) is 6.19. The Bertz CT molecular complexity index is 1100. The first-order valence-corrected chi connectivity index (χ1v) is 13.6. The third-order valence-corrected chi connectivity index (χ3v) is 9.52. The summed E-state index contributed by atoms with van der Waals surface area (Å²) < 4.78 is 51.3. The van der Waals surface area contributed by atoms with E-state index in [1.807, 2.05) is 11.8 Å². The number of alkyl halides is 2. The fraction of sp³-hybridized carbons (Fsp3) is 0.579. The molecule has 4 heterocycles. The van der Waals surface area contributed by atoms with E-state index >= 15 is 0 Å². The van der Waals surface area contributed by atoms with Crippen LogP contribution in [0.2, 0.25) is 0 Å². The Labute approximate surface area is 192 Å². The minimum atomic E-state index is -3.25. The van der Waals surface area contributed by atoms with Gasteiger partial charge >= 0.3 is 5.92 Å². The fourth-order valence-electron chi connectivity index (χ4n) is 3.89. The van der Waals surface area contributed by atoms with Crippen LogP contribution in [-0.2, 0) is 20.6 Å². The number of anilines is 1. The van der Waals surface area contributed by atoms with Gasteiger partial charge in [-0.2, -0.15) is 8.78 Å². The molecule has 0 aromatic carbocycles. The van der Waals surface area contributed by atoms with Crippen LogP contribution >= 0.6 is 22.7 Å². The molecule has 2 aliphatic rings. The molecule has 2 fully saturated rings. The zero-order chi connectivity index (χ0) is 23.1. The molecule has 4 rings (SSSR count). The Morgan fingerprint density at radius 1 is 1.25 bits per heavy atom. The van der Waals surface area contributed by atoms with Gasteiger partial charge in [0, 0.05) is 36.6 Å². The molecule has 0 radical (unpaired) electrons. The van der Waals surface area contributed by atoms with Gasteiger partial charge in [0.2, 0.25) is 11.0 Å². The maximum atomic E-state index is 13.9. The number of sulfone groups is 1. The molecule has 0 aliphatic carbocycles. The highest BCUT2D eigenvalue weighted by atomic mass is 32.2. The second-order valence-electron chi connectivity index (χ2n) is 7.95. The number of aryl methyl sites for hydroxylation is 1. The molecule has 13 heteroatoms. The van der Waals surface area contributed by atoms with Crippen LogP contribution < -0.4 is 4.90 Å². The number of carbonyl (C=O) groups excluding carboxylic acids is 1. The van der Waals surface area contributed by atoms with E-state index < -0.39 is 20.8 Å². The molecule has 1 amide bonds. The molecule has 32 heavy (non-hydrogen) atoms. The lowest BCUT2D eigenvalue weighted by atomic mass is 9.99. The van der Waals surface area contributed by atoms with Crippen molar-refractivity contribution in [3.8, 4) is 0 Å². The first-order valence-electron chi connectivity index (χ1n) is 10.1. The minimum Gasteiger partial charge on any atom is -0.342 e. The average Bonchev–Trinajstić information content (AvgIpc) is 3.43. The molecule has 0 saturated carbocycles. The molecule has 8 nitrogen and oxygen atoms in total. The van der Waals surface area contributed by atoms with Crippen LogP contribution in [0.25, 0.3) is 0 Å². The van der Waals surface area contributed by atoms with Crippen LogP contribution in [-0.4, -0.2) is 65.5 Å². The molecule has 0 N–H and O–H groups in total. The second-order valence-corrected chi connectivity index (χ2v) is 12.5. The van der Waals surface area contributed by atoms with Crippen molar-refractivity contribution in [2.24, 2.45) is 5.92 Å². The molecule has 1 unspecified atom stereocenters. The summed E-state index contributed by atoms with van der Waals surface area (Å²) in [6.07, 6.45) is 2.92. The largest absolute Gasteiger partial charge is 0.342 e. The molecule has 2 aromatic heterocycles. The highest BCUT2D eigenvalue weighted by Crippen LogP contribution is 2.37. The average molecular weight is 504 g/mol. The van der Waals surface area contributed by atoms with Gasteiger partial charge in [0.15, 0.2) is 5.01 Å². The maximum absolute atomic E-state index is 13.9. The lowest BCUT2D eigenvalue weighted by Gasteiger charge is -2.42. The van der Waals surface area contributed by atoms with Gasteiger partial charge in [-0.05, 0) is 25.8 Å². The molecule has 2 saturated heterocycles. The summed E-state index contributed by atoms with van der Waals surface area (Å²) in [5, 5.41) is 8.26. The van der Waals surface area contributed by atoms with E-state index in [2.05, 4.69) is 21.8 Å². The van der Waals surface area contributed by atoms with Crippen molar-refractivity contribution >= 4 is 43.5 Å². The van der Waals surface area contributed by atoms with Crippen molar-refractivity contribution in [1.82, 2.24) is 20.1 Å². The number of aromatic nitrogens is 3. The molecule has 2 aliphatic heterocycles. The highest BCUT2D eigenvalue weighted by Gasteiger charge is 2.40. The van der Waals surface area contributed by atoms with Gasteiger partial charge in [0.25, 0.3) is 0 Å².